The van der Waals surface area contributed by atoms with Crippen LogP contribution in [0.25, 0.3) is 10.2 Å². The molecule has 0 spiro atoms. The van der Waals surface area contributed by atoms with Crippen molar-refractivity contribution < 1.29 is 28.6 Å². The second-order valence-electron chi connectivity index (χ2n) is 11.0. The minimum absolute atomic E-state index is 0.0850. The van der Waals surface area contributed by atoms with Crippen molar-refractivity contribution in [2.24, 2.45) is 0 Å². The Morgan fingerprint density at radius 2 is 1.84 bits per heavy atom. The van der Waals surface area contributed by atoms with E-state index in [1.54, 1.807) is 59.3 Å². The third kappa shape index (κ3) is 5.93. The van der Waals surface area contributed by atoms with Crippen LogP contribution in [0, 0.1) is 5.82 Å². The fourth-order valence-electron chi connectivity index (χ4n) is 5.84. The molecule has 2 aliphatic rings. The minimum atomic E-state index is -0.877. The second-order valence-corrected chi connectivity index (χ2v) is 12.0. The van der Waals surface area contributed by atoms with Gasteiger partial charge in [-0.05, 0) is 47.0 Å². The summed E-state index contributed by atoms with van der Waals surface area (Å²) < 4.78 is 20.0. The number of nitrogens with two attached hydrogens (primary N) is 1. The molecule has 0 unspecified atom stereocenters. The van der Waals surface area contributed by atoms with Crippen LogP contribution < -0.4 is 15.8 Å². The maximum atomic E-state index is 14.5. The third-order valence-electron chi connectivity index (χ3n) is 8.17. The molecule has 45 heavy (non-hydrogen) atoms. The summed E-state index contributed by atoms with van der Waals surface area (Å²) in [5, 5.41) is 15.9. The molecule has 1 aromatic heterocycles. The van der Waals surface area contributed by atoms with Crippen molar-refractivity contribution in [2.75, 3.05) is 33.0 Å². The average molecular weight is 634 g/mol. The number of anilines is 1. The number of aromatic hydroxyl groups is 1. The first-order valence-corrected chi connectivity index (χ1v) is 15.1. The van der Waals surface area contributed by atoms with Crippen LogP contribution in [0.15, 0.2) is 60.7 Å². The van der Waals surface area contributed by atoms with Crippen molar-refractivity contribution in [3.05, 3.63) is 83.2 Å². The summed E-state index contributed by atoms with van der Waals surface area (Å²) in [4.78, 5) is 48.3. The van der Waals surface area contributed by atoms with Crippen LogP contribution in [-0.4, -0.2) is 87.2 Å². The Morgan fingerprint density at radius 1 is 1.13 bits per heavy atom. The number of phenols is 1. The fraction of sp³-hybridized carbons (Fsp3) is 0.290. The van der Waals surface area contributed by atoms with E-state index >= 15 is 0 Å². The molecule has 2 atom stereocenters. The van der Waals surface area contributed by atoms with Gasteiger partial charge in [0.2, 0.25) is 11.8 Å². The van der Waals surface area contributed by atoms with Gasteiger partial charge in [-0.1, -0.05) is 41.7 Å². The molecule has 4 aromatic rings. The summed E-state index contributed by atoms with van der Waals surface area (Å²) in [6.07, 6.45) is -0.452. The number of nitrogen functional groups attached to an aromatic ring is 1. The SMILES string of the molecule is COc1ccc(CNC(=O)N(C)N2CC(=O)N3[C@@H](Cc4ccc(O)cc4)C(=O)N(Cc4ccc(F)c5sc(N)nc45)C[C@@H]32)cc1. The van der Waals surface area contributed by atoms with Gasteiger partial charge in [-0.15, -0.1) is 0 Å². The summed E-state index contributed by atoms with van der Waals surface area (Å²) in [7, 11) is 3.16. The number of hydrogen-bond acceptors (Lipinski definition) is 9. The lowest BCUT2D eigenvalue weighted by Crippen LogP contribution is -2.65. The molecule has 2 fully saturated rings. The van der Waals surface area contributed by atoms with E-state index in [1.165, 1.54) is 23.2 Å². The topological polar surface area (TPSA) is 145 Å². The lowest BCUT2D eigenvalue weighted by molar-refractivity contribution is -0.157. The van der Waals surface area contributed by atoms with Gasteiger partial charge >= 0.3 is 6.03 Å². The lowest BCUT2D eigenvalue weighted by atomic mass is 9.99. The van der Waals surface area contributed by atoms with Crippen molar-refractivity contribution in [3.63, 3.8) is 0 Å². The highest BCUT2D eigenvalue weighted by atomic mass is 32.1. The zero-order chi connectivity index (χ0) is 31.8. The number of phenolic OH excluding ortho intramolecular Hbond substituents is 1. The summed E-state index contributed by atoms with van der Waals surface area (Å²) in [6.45, 7) is 0.359. The Hall–Kier alpha value is -4.95. The number of hydrogen-bond donors (Lipinski definition) is 3. The quantitative estimate of drug-likeness (QED) is 0.269. The number of fused-ring (bicyclic) bond motifs is 2. The van der Waals surface area contributed by atoms with E-state index in [2.05, 4.69) is 10.3 Å². The number of piperazine rings is 1. The number of hydrazine groups is 1. The van der Waals surface area contributed by atoms with Gasteiger partial charge in [0.05, 0.1) is 30.4 Å². The number of nitrogens with one attached hydrogen (secondary N) is 1. The van der Waals surface area contributed by atoms with E-state index in [0.29, 0.717) is 21.5 Å². The van der Waals surface area contributed by atoms with E-state index in [4.69, 9.17) is 10.5 Å². The van der Waals surface area contributed by atoms with Gasteiger partial charge < -0.3 is 30.7 Å². The summed E-state index contributed by atoms with van der Waals surface area (Å²) in [5.41, 5.74) is 8.51. The Morgan fingerprint density at radius 3 is 2.56 bits per heavy atom. The first-order valence-electron chi connectivity index (χ1n) is 14.2. The number of carbonyl (C=O) groups excluding carboxylic acids is 3. The number of amides is 4. The summed E-state index contributed by atoms with van der Waals surface area (Å²) in [6, 6.07) is 15.4. The summed E-state index contributed by atoms with van der Waals surface area (Å²) in [5.74, 6) is -0.235. The van der Waals surface area contributed by atoms with Gasteiger partial charge in [0.1, 0.15) is 29.5 Å². The van der Waals surface area contributed by atoms with Crippen molar-refractivity contribution >= 4 is 44.5 Å². The van der Waals surface area contributed by atoms with Crippen molar-refractivity contribution in [2.45, 2.75) is 31.7 Å². The molecule has 0 bridgehead atoms. The third-order valence-corrected chi connectivity index (χ3v) is 9.06. The minimum Gasteiger partial charge on any atom is -0.508 e. The number of thiazole rings is 1. The molecule has 6 rings (SSSR count). The van der Waals surface area contributed by atoms with Crippen LogP contribution in [0.4, 0.5) is 14.3 Å². The van der Waals surface area contributed by atoms with E-state index in [-0.39, 0.29) is 55.3 Å². The number of ether oxygens (including phenoxy) is 1. The predicted octanol–water partition coefficient (Wildman–Crippen LogP) is 2.91. The highest BCUT2D eigenvalue weighted by Crippen LogP contribution is 2.33. The number of urea groups is 1. The summed E-state index contributed by atoms with van der Waals surface area (Å²) >= 11 is 1.04. The van der Waals surface area contributed by atoms with Gasteiger partial charge in [0, 0.05) is 26.6 Å². The predicted molar refractivity (Wildman–Crippen MR) is 165 cm³/mol. The fourth-order valence-corrected chi connectivity index (χ4v) is 6.62. The van der Waals surface area contributed by atoms with Gasteiger partial charge in [0.15, 0.2) is 5.13 Å². The molecule has 14 heteroatoms. The van der Waals surface area contributed by atoms with E-state index in [1.807, 2.05) is 12.1 Å². The molecule has 234 valence electrons. The van der Waals surface area contributed by atoms with Gasteiger partial charge in [-0.3, -0.25) is 14.6 Å². The van der Waals surface area contributed by atoms with Crippen LogP contribution >= 0.6 is 11.3 Å². The standard InChI is InChI=1S/C31H32FN7O5S/c1-36(31(43)34-14-19-5-10-22(44-2)11-6-19)38-17-26(41)39-24(13-18-3-8-21(40)9-4-18)29(42)37(16-25(38)39)15-20-7-12-23(32)28-27(20)35-30(33)45-28/h3-12,24-25,40H,13-17H2,1-2H3,(H2,33,35)(H,34,43)/t24-,25+/m0/s1. The van der Waals surface area contributed by atoms with Crippen LogP contribution in [0.2, 0.25) is 0 Å². The molecule has 4 N–H and O–H groups in total. The largest absolute Gasteiger partial charge is 0.508 e. The lowest BCUT2D eigenvalue weighted by Gasteiger charge is -2.45. The molecule has 0 radical (unpaired) electrons. The molecule has 3 aromatic carbocycles. The highest BCUT2D eigenvalue weighted by Gasteiger charge is 2.51. The highest BCUT2D eigenvalue weighted by molar-refractivity contribution is 7.22. The molecule has 3 heterocycles. The number of aromatic nitrogens is 1. The first-order chi connectivity index (χ1) is 21.6. The normalized spacial score (nSPS) is 18.4. The maximum Gasteiger partial charge on any atom is 0.332 e. The van der Waals surface area contributed by atoms with Gasteiger partial charge in [-0.25, -0.2) is 14.2 Å². The van der Waals surface area contributed by atoms with Crippen molar-refractivity contribution in [1.29, 1.82) is 0 Å². The molecular weight excluding hydrogens is 601 g/mol. The Labute approximate surface area is 262 Å². The Balaban J connectivity index is 1.27. The molecule has 0 aliphatic carbocycles. The Kier molecular flexibility index (Phi) is 8.16. The second kappa shape index (κ2) is 12.2. The van der Waals surface area contributed by atoms with E-state index in [9.17, 15) is 23.9 Å². The maximum absolute atomic E-state index is 14.5. The van der Waals surface area contributed by atoms with E-state index < -0.39 is 24.1 Å². The molecular formula is C31H32FN7O5S. The smallest absolute Gasteiger partial charge is 0.332 e. The van der Waals surface area contributed by atoms with Crippen LogP contribution in [0.5, 0.6) is 11.5 Å². The van der Waals surface area contributed by atoms with E-state index in [0.717, 1.165) is 22.5 Å². The van der Waals surface area contributed by atoms with Crippen LogP contribution in [0.1, 0.15) is 16.7 Å². The van der Waals surface area contributed by atoms with Crippen LogP contribution in [-0.2, 0) is 29.1 Å². The number of methoxy groups -OCH3 is 1. The number of halogens is 1. The Bertz CT molecular complexity index is 1750. The average Bonchev–Trinajstić information content (AvgIpc) is 3.60. The molecule has 4 amide bonds. The van der Waals surface area contributed by atoms with Crippen molar-refractivity contribution in [1.82, 2.24) is 30.1 Å². The first kappa shape index (κ1) is 30.1. The van der Waals surface area contributed by atoms with Gasteiger partial charge in [-0.2, -0.15) is 5.01 Å². The van der Waals surface area contributed by atoms with Crippen molar-refractivity contribution in [3.8, 4) is 11.5 Å². The molecule has 12 nitrogen and oxygen atoms in total. The zero-order valence-electron chi connectivity index (χ0n) is 24.6. The number of rotatable bonds is 8. The molecule has 2 saturated heterocycles. The number of nitrogens with zero attached hydrogens (tertiary/aromatic N) is 5. The van der Waals surface area contributed by atoms with Crippen LogP contribution in [0.3, 0.4) is 0 Å². The number of benzene rings is 3. The molecule has 2 aliphatic heterocycles. The van der Waals surface area contributed by atoms with Gasteiger partial charge in [0.25, 0.3) is 0 Å². The monoisotopic (exact) mass is 633 g/mol. The zero-order valence-corrected chi connectivity index (χ0v) is 25.5. The molecule has 0 saturated carbocycles. The number of carbonyl (C=O) groups is 3.